The minimum Gasteiger partial charge on any atom is -0.463 e. The van der Waals surface area contributed by atoms with Gasteiger partial charge in [-0.1, -0.05) is 48.5 Å². The highest BCUT2D eigenvalue weighted by Crippen LogP contribution is 2.24. The summed E-state index contributed by atoms with van der Waals surface area (Å²) in [6.45, 7) is 3.92. The molecule has 0 bridgehead atoms. The molecule has 2 heterocycles. The summed E-state index contributed by atoms with van der Waals surface area (Å²) in [6, 6.07) is 21.6. The molecule has 0 saturated heterocycles. The third-order valence-electron chi connectivity index (χ3n) is 5.04. The lowest BCUT2D eigenvalue weighted by molar-refractivity contribution is -0.705. The van der Waals surface area contributed by atoms with Gasteiger partial charge in [0.2, 0.25) is 5.78 Å². The first-order valence-corrected chi connectivity index (χ1v) is 9.20. The molecule has 4 nitrogen and oxygen atoms in total. The van der Waals surface area contributed by atoms with Crippen molar-refractivity contribution in [2.45, 2.75) is 25.9 Å². The van der Waals surface area contributed by atoms with Gasteiger partial charge in [0.05, 0.1) is 11.8 Å². The maximum atomic E-state index is 13.3. The Labute approximate surface area is 158 Å². The van der Waals surface area contributed by atoms with Gasteiger partial charge >= 0.3 is 0 Å². The molecular weight excluding hydrogens is 336 g/mol. The number of rotatable bonds is 6. The second kappa shape index (κ2) is 7.25. The van der Waals surface area contributed by atoms with Crippen LogP contribution in [-0.2, 0) is 0 Å². The molecule has 0 unspecified atom stereocenters. The molecule has 0 fully saturated rings. The number of aromatic nitrogens is 1. The Morgan fingerprint density at radius 3 is 2.48 bits per heavy atom. The third kappa shape index (κ3) is 3.32. The van der Waals surface area contributed by atoms with Crippen molar-refractivity contribution >= 4 is 16.7 Å². The second-order valence-electron chi connectivity index (χ2n) is 6.92. The number of benzene rings is 2. The number of aromatic amines is 1. The number of hydrogen-bond donors (Lipinski definition) is 2. The number of furan rings is 1. The maximum absolute atomic E-state index is 13.3. The molecule has 136 valence electrons. The van der Waals surface area contributed by atoms with E-state index in [1.165, 1.54) is 0 Å². The fourth-order valence-corrected chi connectivity index (χ4v) is 3.70. The molecule has 2 aromatic heterocycles. The van der Waals surface area contributed by atoms with E-state index in [9.17, 15) is 4.79 Å². The molecule has 2 atom stereocenters. The standard InChI is InChI=1S/C23H22N2O2/c1-15-21(18-11-6-7-12-19(18)24-15)23(26)16(2)25-22(20-13-8-14-27-20)17-9-4-3-5-10-17/h3-14,16,22,24-25H,1-2H3/p+1/t16-,22+/m0/s1. The summed E-state index contributed by atoms with van der Waals surface area (Å²) in [5, 5.41) is 3.06. The fraction of sp³-hybridized carbons (Fsp3) is 0.174. The van der Waals surface area contributed by atoms with Crippen molar-refractivity contribution in [2.75, 3.05) is 0 Å². The van der Waals surface area contributed by atoms with E-state index in [1.54, 1.807) is 6.26 Å². The third-order valence-corrected chi connectivity index (χ3v) is 5.04. The van der Waals surface area contributed by atoms with Gasteiger partial charge in [-0.3, -0.25) is 4.79 Å². The average molecular weight is 359 g/mol. The maximum Gasteiger partial charge on any atom is 0.222 e. The minimum atomic E-state index is -0.252. The first-order valence-electron chi connectivity index (χ1n) is 9.20. The number of para-hydroxylation sites is 1. The molecule has 3 N–H and O–H groups in total. The quantitative estimate of drug-likeness (QED) is 0.511. The summed E-state index contributed by atoms with van der Waals surface area (Å²) in [4.78, 5) is 16.6. The van der Waals surface area contributed by atoms with E-state index >= 15 is 0 Å². The van der Waals surface area contributed by atoms with Crippen LogP contribution in [0.1, 0.15) is 40.3 Å². The number of carbonyl (C=O) groups is 1. The lowest BCUT2D eigenvalue weighted by Crippen LogP contribution is -2.92. The Kier molecular flexibility index (Phi) is 4.65. The SMILES string of the molecule is Cc1[nH]c2ccccc2c1C(=O)[C@H](C)[NH2+][C@H](c1ccccc1)c1ccco1. The Morgan fingerprint density at radius 1 is 1.00 bits per heavy atom. The Hall–Kier alpha value is -3.11. The van der Waals surface area contributed by atoms with Crippen LogP contribution in [-0.4, -0.2) is 16.8 Å². The largest absolute Gasteiger partial charge is 0.463 e. The van der Waals surface area contributed by atoms with Gasteiger partial charge in [-0.25, -0.2) is 0 Å². The van der Waals surface area contributed by atoms with Crippen LogP contribution >= 0.6 is 0 Å². The van der Waals surface area contributed by atoms with Gasteiger partial charge in [0.15, 0.2) is 11.8 Å². The number of Topliss-reactive ketones (excluding diaryl/α,β-unsaturated/α-hetero) is 1. The zero-order valence-electron chi connectivity index (χ0n) is 15.5. The predicted octanol–water partition coefficient (Wildman–Crippen LogP) is 3.99. The number of nitrogens with one attached hydrogen (secondary N) is 1. The van der Waals surface area contributed by atoms with Crippen LogP contribution in [0, 0.1) is 6.92 Å². The highest BCUT2D eigenvalue weighted by atomic mass is 16.3. The van der Waals surface area contributed by atoms with Crippen LogP contribution in [0.4, 0.5) is 0 Å². The van der Waals surface area contributed by atoms with Crippen LogP contribution in [0.3, 0.4) is 0 Å². The highest BCUT2D eigenvalue weighted by molar-refractivity contribution is 6.10. The molecule has 0 amide bonds. The highest BCUT2D eigenvalue weighted by Gasteiger charge is 2.29. The Morgan fingerprint density at radius 2 is 1.74 bits per heavy atom. The normalized spacial score (nSPS) is 13.6. The number of H-pyrrole nitrogens is 1. The first-order chi connectivity index (χ1) is 13.1. The van der Waals surface area contributed by atoms with Crippen LogP contribution in [0.25, 0.3) is 10.9 Å². The summed E-state index contributed by atoms with van der Waals surface area (Å²) >= 11 is 0. The van der Waals surface area contributed by atoms with Crippen LogP contribution in [0.15, 0.2) is 77.4 Å². The Balaban J connectivity index is 1.66. The summed E-state index contributed by atoms with van der Waals surface area (Å²) in [7, 11) is 0. The predicted molar refractivity (Wildman–Crippen MR) is 106 cm³/mol. The van der Waals surface area contributed by atoms with Crippen molar-refractivity contribution in [1.82, 2.24) is 4.98 Å². The van der Waals surface area contributed by atoms with Gasteiger partial charge in [-0.15, -0.1) is 0 Å². The number of quaternary nitrogens is 1. The number of carbonyl (C=O) groups excluding carboxylic acids is 1. The van der Waals surface area contributed by atoms with E-state index in [-0.39, 0.29) is 17.9 Å². The zero-order chi connectivity index (χ0) is 18.8. The van der Waals surface area contributed by atoms with Crippen molar-refractivity contribution in [3.8, 4) is 0 Å². The molecule has 0 aliphatic rings. The topological polar surface area (TPSA) is 62.6 Å². The smallest absolute Gasteiger partial charge is 0.222 e. The van der Waals surface area contributed by atoms with E-state index < -0.39 is 0 Å². The lowest BCUT2D eigenvalue weighted by atomic mass is 9.99. The van der Waals surface area contributed by atoms with Crippen molar-refractivity contribution in [3.05, 3.63) is 95.6 Å². The number of aryl methyl sites for hydroxylation is 1. The monoisotopic (exact) mass is 359 g/mol. The van der Waals surface area contributed by atoms with Gasteiger partial charge in [-0.2, -0.15) is 0 Å². The Bertz CT molecular complexity index is 1050. The molecule has 0 saturated carbocycles. The number of nitrogens with two attached hydrogens (primary N) is 1. The van der Waals surface area contributed by atoms with Gasteiger partial charge in [0.1, 0.15) is 6.04 Å². The lowest BCUT2D eigenvalue weighted by Gasteiger charge is -2.18. The molecule has 0 aliphatic carbocycles. The summed E-state index contributed by atoms with van der Waals surface area (Å²) in [5.74, 6) is 0.967. The van der Waals surface area contributed by atoms with Crippen molar-refractivity contribution in [3.63, 3.8) is 0 Å². The van der Waals surface area contributed by atoms with Gasteiger partial charge in [0, 0.05) is 22.2 Å². The molecule has 4 rings (SSSR count). The van der Waals surface area contributed by atoms with Crippen molar-refractivity contribution in [2.24, 2.45) is 0 Å². The number of ketones is 1. The summed E-state index contributed by atoms with van der Waals surface area (Å²) in [5.41, 5.74) is 3.80. The van der Waals surface area contributed by atoms with Crippen LogP contribution in [0.2, 0.25) is 0 Å². The summed E-state index contributed by atoms with van der Waals surface area (Å²) < 4.78 is 5.67. The molecule has 0 aliphatic heterocycles. The van der Waals surface area contributed by atoms with Crippen LogP contribution in [0.5, 0.6) is 0 Å². The number of fused-ring (bicyclic) bond motifs is 1. The first kappa shape index (κ1) is 17.3. The molecular formula is C23H23N2O2+. The van der Waals surface area contributed by atoms with E-state index in [1.807, 2.05) is 68.4 Å². The molecule has 27 heavy (non-hydrogen) atoms. The van der Waals surface area contributed by atoms with Crippen LogP contribution < -0.4 is 5.32 Å². The molecule has 4 aromatic rings. The molecule has 4 heteroatoms. The molecule has 0 radical (unpaired) electrons. The van der Waals surface area contributed by atoms with E-state index in [0.717, 1.165) is 33.5 Å². The number of hydrogen-bond acceptors (Lipinski definition) is 2. The van der Waals surface area contributed by atoms with Crippen molar-refractivity contribution < 1.29 is 14.5 Å². The van der Waals surface area contributed by atoms with Gasteiger partial charge < -0.3 is 14.7 Å². The van der Waals surface area contributed by atoms with E-state index in [4.69, 9.17) is 4.42 Å². The second-order valence-corrected chi connectivity index (χ2v) is 6.92. The summed E-state index contributed by atoms with van der Waals surface area (Å²) in [6.07, 6.45) is 1.68. The van der Waals surface area contributed by atoms with Crippen molar-refractivity contribution in [1.29, 1.82) is 0 Å². The van der Waals surface area contributed by atoms with E-state index in [2.05, 4.69) is 22.4 Å². The van der Waals surface area contributed by atoms with E-state index in [0.29, 0.717) is 0 Å². The minimum absolute atomic E-state index is 0.0642. The van der Waals surface area contributed by atoms with Gasteiger partial charge in [0.25, 0.3) is 0 Å². The fourth-order valence-electron chi connectivity index (χ4n) is 3.70. The zero-order valence-corrected chi connectivity index (χ0v) is 15.5. The average Bonchev–Trinajstić information content (AvgIpc) is 3.33. The molecule has 2 aromatic carbocycles. The molecule has 0 spiro atoms. The van der Waals surface area contributed by atoms with Gasteiger partial charge in [-0.05, 0) is 32.0 Å².